The van der Waals surface area contributed by atoms with Gasteiger partial charge < -0.3 is 4.90 Å². The van der Waals surface area contributed by atoms with Gasteiger partial charge in [0, 0.05) is 31.2 Å². The molecule has 0 bridgehead atoms. The number of amides is 1. The molecule has 0 spiro atoms. The summed E-state index contributed by atoms with van der Waals surface area (Å²) in [4.78, 5) is 15.1. The largest absolute Gasteiger partial charge is 0.308 e. The predicted octanol–water partition coefficient (Wildman–Crippen LogP) is 3.61. The molecule has 0 unspecified atom stereocenters. The quantitative estimate of drug-likeness (QED) is 0.699. The second-order valence-corrected chi connectivity index (χ2v) is 9.00. The number of nitrogens with zero attached hydrogens (tertiary/aromatic N) is 2. The molecule has 2 aromatic carbocycles. The Bertz CT molecular complexity index is 916. The van der Waals surface area contributed by atoms with Gasteiger partial charge in [-0.2, -0.15) is 4.31 Å². The van der Waals surface area contributed by atoms with Crippen molar-refractivity contribution in [3.05, 3.63) is 72.8 Å². The Labute approximate surface area is 167 Å². The van der Waals surface area contributed by atoms with E-state index >= 15 is 0 Å². The zero-order chi connectivity index (χ0) is 20.1. The van der Waals surface area contributed by atoms with Gasteiger partial charge in [-0.3, -0.25) is 4.79 Å². The van der Waals surface area contributed by atoms with Gasteiger partial charge in [0.05, 0.1) is 4.90 Å². The number of anilines is 1. The zero-order valence-corrected chi connectivity index (χ0v) is 16.9. The van der Waals surface area contributed by atoms with Crippen molar-refractivity contribution < 1.29 is 13.2 Å². The molecular weight excluding hydrogens is 372 g/mol. The molecule has 1 heterocycles. The molecule has 5 nitrogen and oxygen atoms in total. The van der Waals surface area contributed by atoms with Gasteiger partial charge in [-0.15, -0.1) is 6.58 Å². The lowest BCUT2D eigenvalue weighted by molar-refractivity contribution is -0.123. The average Bonchev–Trinajstić information content (AvgIpc) is 2.72. The Morgan fingerprint density at radius 2 is 1.71 bits per heavy atom. The average molecular weight is 399 g/mol. The van der Waals surface area contributed by atoms with E-state index in [0.29, 0.717) is 37.4 Å². The van der Waals surface area contributed by atoms with Gasteiger partial charge in [0.25, 0.3) is 0 Å². The van der Waals surface area contributed by atoms with Crippen molar-refractivity contribution in [2.75, 3.05) is 24.5 Å². The second-order valence-electron chi connectivity index (χ2n) is 7.06. The fourth-order valence-electron chi connectivity index (χ4n) is 3.48. The molecule has 0 saturated carbocycles. The van der Waals surface area contributed by atoms with Crippen LogP contribution in [0.4, 0.5) is 5.69 Å². The normalized spacial score (nSPS) is 15.9. The summed E-state index contributed by atoms with van der Waals surface area (Å²) in [6.07, 6.45) is 2.75. The van der Waals surface area contributed by atoms with E-state index < -0.39 is 10.0 Å². The van der Waals surface area contributed by atoms with Gasteiger partial charge in [0.2, 0.25) is 15.9 Å². The number of piperidine rings is 1. The topological polar surface area (TPSA) is 57.7 Å². The Morgan fingerprint density at radius 1 is 1.11 bits per heavy atom. The van der Waals surface area contributed by atoms with E-state index in [1.807, 2.05) is 37.3 Å². The summed E-state index contributed by atoms with van der Waals surface area (Å²) in [5, 5.41) is 0. The molecule has 0 aliphatic carbocycles. The maximum Gasteiger partial charge on any atom is 0.243 e. The third-order valence-corrected chi connectivity index (χ3v) is 7.02. The molecule has 0 radical (unpaired) electrons. The van der Waals surface area contributed by atoms with E-state index in [4.69, 9.17) is 0 Å². The maximum atomic E-state index is 13.1. The van der Waals surface area contributed by atoms with Crippen LogP contribution in [0, 0.1) is 12.8 Å². The fraction of sp³-hybridized carbons (Fsp3) is 0.318. The van der Waals surface area contributed by atoms with Gasteiger partial charge in [-0.1, -0.05) is 42.0 Å². The number of rotatable bonds is 6. The minimum atomic E-state index is -3.52. The number of benzene rings is 2. The standard InChI is InChI=1S/C22H26N2O3S/c1-3-15-24(20-7-5-4-6-8-20)22(25)19-13-16-23(17-14-19)28(26,27)21-11-9-18(2)10-12-21/h3-12,19H,1,13-17H2,2H3. The van der Waals surface area contributed by atoms with Crippen molar-refractivity contribution in [1.29, 1.82) is 0 Å². The molecular formula is C22H26N2O3S. The lowest BCUT2D eigenvalue weighted by Crippen LogP contribution is -2.44. The van der Waals surface area contributed by atoms with Crippen LogP contribution in [0.25, 0.3) is 0 Å². The molecule has 2 aromatic rings. The number of aryl methyl sites for hydroxylation is 1. The summed E-state index contributed by atoms with van der Waals surface area (Å²) >= 11 is 0. The van der Waals surface area contributed by atoms with Crippen molar-refractivity contribution in [3.63, 3.8) is 0 Å². The number of hydrogen-bond donors (Lipinski definition) is 0. The van der Waals surface area contributed by atoms with E-state index in [-0.39, 0.29) is 11.8 Å². The summed E-state index contributed by atoms with van der Waals surface area (Å²) in [5.41, 5.74) is 1.86. The minimum absolute atomic E-state index is 0.0264. The lowest BCUT2D eigenvalue weighted by atomic mass is 9.96. The van der Waals surface area contributed by atoms with Crippen LogP contribution < -0.4 is 4.90 Å². The maximum absolute atomic E-state index is 13.1. The van der Waals surface area contributed by atoms with Crippen LogP contribution >= 0.6 is 0 Å². The van der Waals surface area contributed by atoms with Crippen molar-refractivity contribution >= 4 is 21.6 Å². The molecule has 1 aliphatic rings. The van der Waals surface area contributed by atoms with Gasteiger partial charge >= 0.3 is 0 Å². The van der Waals surface area contributed by atoms with E-state index in [9.17, 15) is 13.2 Å². The lowest BCUT2D eigenvalue weighted by Gasteiger charge is -2.33. The predicted molar refractivity (Wildman–Crippen MR) is 112 cm³/mol. The van der Waals surface area contributed by atoms with E-state index in [1.54, 1.807) is 35.2 Å². The van der Waals surface area contributed by atoms with Gasteiger partial charge in [-0.25, -0.2) is 8.42 Å². The van der Waals surface area contributed by atoms with Crippen LogP contribution in [0.5, 0.6) is 0 Å². The molecule has 0 N–H and O–H groups in total. The van der Waals surface area contributed by atoms with E-state index in [0.717, 1.165) is 11.3 Å². The van der Waals surface area contributed by atoms with E-state index in [1.165, 1.54) is 4.31 Å². The first-order valence-corrected chi connectivity index (χ1v) is 10.9. The summed E-state index contributed by atoms with van der Waals surface area (Å²) in [7, 11) is -3.52. The third-order valence-electron chi connectivity index (χ3n) is 5.11. The highest BCUT2D eigenvalue weighted by atomic mass is 32.2. The number of para-hydroxylation sites is 1. The molecule has 148 valence electrons. The van der Waals surface area contributed by atoms with Crippen LogP contribution in [0.1, 0.15) is 18.4 Å². The minimum Gasteiger partial charge on any atom is -0.308 e. The molecule has 3 rings (SSSR count). The summed E-state index contributed by atoms with van der Waals surface area (Å²) in [5.74, 6) is -0.164. The first-order chi connectivity index (χ1) is 13.4. The van der Waals surface area contributed by atoms with Crippen LogP contribution in [-0.2, 0) is 14.8 Å². The Balaban J connectivity index is 1.69. The number of sulfonamides is 1. The van der Waals surface area contributed by atoms with Gasteiger partial charge in [-0.05, 0) is 44.0 Å². The second kappa shape index (κ2) is 8.71. The summed E-state index contributed by atoms with van der Waals surface area (Å²) in [6, 6.07) is 16.4. The SMILES string of the molecule is C=CCN(C(=O)C1CCN(S(=O)(=O)c2ccc(C)cc2)CC1)c1ccccc1. The summed E-state index contributed by atoms with van der Waals surface area (Å²) < 4.78 is 27.2. The smallest absolute Gasteiger partial charge is 0.243 e. The highest BCUT2D eigenvalue weighted by Gasteiger charge is 2.33. The van der Waals surface area contributed by atoms with Crippen LogP contribution in [0.3, 0.4) is 0 Å². The third kappa shape index (κ3) is 4.34. The van der Waals surface area contributed by atoms with E-state index in [2.05, 4.69) is 6.58 Å². The van der Waals surface area contributed by atoms with Crippen LogP contribution in [0.15, 0.2) is 72.1 Å². The van der Waals surface area contributed by atoms with Crippen LogP contribution in [-0.4, -0.2) is 38.3 Å². The highest BCUT2D eigenvalue weighted by molar-refractivity contribution is 7.89. The molecule has 6 heteroatoms. The molecule has 1 saturated heterocycles. The molecule has 1 amide bonds. The van der Waals surface area contributed by atoms with Crippen molar-refractivity contribution in [2.45, 2.75) is 24.7 Å². The molecule has 28 heavy (non-hydrogen) atoms. The monoisotopic (exact) mass is 398 g/mol. The van der Waals surface area contributed by atoms with Gasteiger partial charge in [0.1, 0.15) is 0 Å². The van der Waals surface area contributed by atoms with Gasteiger partial charge in [0.15, 0.2) is 0 Å². The first-order valence-electron chi connectivity index (χ1n) is 9.47. The molecule has 1 fully saturated rings. The molecule has 0 aromatic heterocycles. The van der Waals surface area contributed by atoms with Crippen LogP contribution in [0.2, 0.25) is 0 Å². The van der Waals surface area contributed by atoms with Crippen molar-refractivity contribution in [2.24, 2.45) is 5.92 Å². The molecule has 1 aliphatic heterocycles. The first kappa shape index (κ1) is 20.3. The number of carbonyl (C=O) groups excluding carboxylic acids is 1. The zero-order valence-electron chi connectivity index (χ0n) is 16.1. The Morgan fingerprint density at radius 3 is 2.29 bits per heavy atom. The Hall–Kier alpha value is -2.44. The summed E-state index contributed by atoms with van der Waals surface area (Å²) in [6.45, 7) is 6.82. The highest BCUT2D eigenvalue weighted by Crippen LogP contribution is 2.27. The Kier molecular flexibility index (Phi) is 6.31. The fourth-order valence-corrected chi connectivity index (χ4v) is 4.95. The number of carbonyl (C=O) groups is 1. The number of hydrogen-bond acceptors (Lipinski definition) is 3. The molecule has 0 atom stereocenters. The van der Waals surface area contributed by atoms with Crippen molar-refractivity contribution in [3.8, 4) is 0 Å². The van der Waals surface area contributed by atoms with Crippen molar-refractivity contribution in [1.82, 2.24) is 4.31 Å².